The molecule has 7 nitrogen and oxygen atoms in total. The second-order valence-corrected chi connectivity index (χ2v) is 3.48. The Bertz CT molecular complexity index is 292. The van der Waals surface area contributed by atoms with Crippen molar-refractivity contribution in [1.29, 1.82) is 0 Å². The van der Waals surface area contributed by atoms with Gasteiger partial charge in [-0.25, -0.2) is 4.79 Å². The van der Waals surface area contributed by atoms with E-state index in [9.17, 15) is 14.4 Å². The zero-order valence-corrected chi connectivity index (χ0v) is 10.2. The maximum absolute atomic E-state index is 11.4. The van der Waals surface area contributed by atoms with Crippen molar-refractivity contribution in [3.8, 4) is 0 Å². The summed E-state index contributed by atoms with van der Waals surface area (Å²) in [6.45, 7) is 1.50. The van der Waals surface area contributed by atoms with Gasteiger partial charge in [-0.3, -0.25) is 9.59 Å². The number of ether oxygens (including phenoxy) is 2. The minimum absolute atomic E-state index is 0.0393. The molecule has 0 bridgehead atoms. The molecule has 0 heterocycles. The summed E-state index contributed by atoms with van der Waals surface area (Å²) >= 11 is 0. The van der Waals surface area contributed by atoms with Crippen molar-refractivity contribution < 1.29 is 23.9 Å². The van der Waals surface area contributed by atoms with Gasteiger partial charge in [0.15, 0.2) is 0 Å². The molecule has 0 aliphatic carbocycles. The highest BCUT2D eigenvalue weighted by molar-refractivity contribution is 5.84. The minimum atomic E-state index is -0.834. The summed E-state index contributed by atoms with van der Waals surface area (Å²) in [4.78, 5) is 33.3. The van der Waals surface area contributed by atoms with E-state index in [1.165, 1.54) is 21.1 Å². The summed E-state index contributed by atoms with van der Waals surface area (Å²) in [6.07, 6.45) is 0.198. The summed E-state index contributed by atoms with van der Waals surface area (Å²) in [5.41, 5.74) is 5.45. The standard InChI is InChI=1S/C10H18N2O5/c1-6(9(14)16-2)12-8(13)5-4-7(11)10(15)17-3/h6-7H,4-5,11H2,1-3H3,(H,12,13)/t6-,7+/m0/s1. The van der Waals surface area contributed by atoms with Crippen molar-refractivity contribution in [1.82, 2.24) is 5.32 Å². The first kappa shape index (κ1) is 15.4. The van der Waals surface area contributed by atoms with Gasteiger partial charge < -0.3 is 20.5 Å². The maximum atomic E-state index is 11.4. The van der Waals surface area contributed by atoms with Crippen LogP contribution in [0.4, 0.5) is 0 Å². The highest BCUT2D eigenvalue weighted by Crippen LogP contribution is 1.97. The lowest BCUT2D eigenvalue weighted by Crippen LogP contribution is -2.40. The first-order valence-electron chi connectivity index (χ1n) is 5.13. The fraction of sp³-hybridized carbons (Fsp3) is 0.700. The topological polar surface area (TPSA) is 108 Å². The first-order chi connectivity index (χ1) is 7.92. The molecule has 0 saturated heterocycles. The number of amides is 1. The van der Waals surface area contributed by atoms with Gasteiger partial charge in [0, 0.05) is 6.42 Å². The fourth-order valence-electron chi connectivity index (χ4n) is 1.11. The monoisotopic (exact) mass is 246 g/mol. The molecule has 0 fully saturated rings. The van der Waals surface area contributed by atoms with E-state index in [1.54, 1.807) is 0 Å². The molecule has 1 amide bonds. The number of rotatable bonds is 6. The predicted molar refractivity (Wildman–Crippen MR) is 58.8 cm³/mol. The quantitative estimate of drug-likeness (QED) is 0.579. The molecule has 0 radical (unpaired) electrons. The lowest BCUT2D eigenvalue weighted by molar-refractivity contribution is -0.145. The maximum Gasteiger partial charge on any atom is 0.328 e. The van der Waals surface area contributed by atoms with Gasteiger partial charge in [0.2, 0.25) is 5.91 Å². The Morgan fingerprint density at radius 2 is 1.71 bits per heavy atom. The molecule has 0 aromatic rings. The molecule has 0 aromatic heterocycles. The molecule has 7 heteroatoms. The molecule has 98 valence electrons. The Hall–Kier alpha value is -1.63. The Morgan fingerprint density at radius 1 is 1.18 bits per heavy atom. The molecule has 2 atom stereocenters. The zero-order valence-electron chi connectivity index (χ0n) is 10.2. The number of carbonyl (C=O) groups is 3. The second-order valence-electron chi connectivity index (χ2n) is 3.48. The van der Waals surface area contributed by atoms with Gasteiger partial charge in [-0.15, -0.1) is 0 Å². The molecule has 0 aromatic carbocycles. The molecule has 0 rings (SSSR count). The normalized spacial score (nSPS) is 13.4. The number of nitrogens with two attached hydrogens (primary N) is 1. The number of hydrogen-bond acceptors (Lipinski definition) is 6. The largest absolute Gasteiger partial charge is 0.468 e. The van der Waals surface area contributed by atoms with Crippen LogP contribution in [0.2, 0.25) is 0 Å². The molecular formula is C10H18N2O5. The zero-order chi connectivity index (χ0) is 13.4. The average Bonchev–Trinajstić information content (AvgIpc) is 2.33. The number of carbonyl (C=O) groups excluding carboxylic acids is 3. The Kier molecular flexibility index (Phi) is 6.88. The van der Waals surface area contributed by atoms with Gasteiger partial charge in [-0.2, -0.15) is 0 Å². The van der Waals surface area contributed by atoms with E-state index in [0.29, 0.717) is 0 Å². The molecule has 0 aliphatic heterocycles. The van der Waals surface area contributed by atoms with Gasteiger partial charge in [-0.1, -0.05) is 0 Å². The third-order valence-corrected chi connectivity index (χ3v) is 2.12. The SMILES string of the molecule is COC(=O)[C@H](N)CCC(=O)N[C@@H](C)C(=O)OC. The number of esters is 2. The van der Waals surface area contributed by atoms with E-state index >= 15 is 0 Å². The van der Waals surface area contributed by atoms with Crippen LogP contribution in [0.5, 0.6) is 0 Å². The second kappa shape index (κ2) is 7.61. The highest BCUT2D eigenvalue weighted by Gasteiger charge is 2.18. The van der Waals surface area contributed by atoms with Crippen molar-refractivity contribution in [3.63, 3.8) is 0 Å². The van der Waals surface area contributed by atoms with Crippen LogP contribution in [0, 0.1) is 0 Å². The lowest BCUT2D eigenvalue weighted by Gasteiger charge is -2.12. The third-order valence-electron chi connectivity index (χ3n) is 2.12. The van der Waals surface area contributed by atoms with Crippen molar-refractivity contribution in [3.05, 3.63) is 0 Å². The summed E-state index contributed by atoms with van der Waals surface area (Å²) in [7, 11) is 2.46. The van der Waals surface area contributed by atoms with Crippen LogP contribution < -0.4 is 11.1 Å². The average molecular weight is 246 g/mol. The van der Waals surface area contributed by atoms with Crippen LogP contribution in [0.3, 0.4) is 0 Å². The van der Waals surface area contributed by atoms with Crippen LogP contribution >= 0.6 is 0 Å². The van der Waals surface area contributed by atoms with E-state index in [0.717, 1.165) is 0 Å². The van der Waals surface area contributed by atoms with Crippen LogP contribution in [-0.4, -0.2) is 44.1 Å². The Balaban J connectivity index is 3.95. The minimum Gasteiger partial charge on any atom is -0.468 e. The van der Waals surface area contributed by atoms with Crippen molar-refractivity contribution in [2.45, 2.75) is 31.8 Å². The van der Waals surface area contributed by atoms with Crippen molar-refractivity contribution in [2.75, 3.05) is 14.2 Å². The van der Waals surface area contributed by atoms with Crippen LogP contribution in [0.1, 0.15) is 19.8 Å². The summed E-state index contributed by atoms with van der Waals surface area (Å²) in [6, 6.07) is -1.55. The van der Waals surface area contributed by atoms with E-state index in [2.05, 4.69) is 14.8 Å². The Labute approximate surface area is 99.6 Å². The molecule has 17 heavy (non-hydrogen) atoms. The predicted octanol–water partition coefficient (Wildman–Crippen LogP) is -1.06. The van der Waals surface area contributed by atoms with Crippen LogP contribution in [0.15, 0.2) is 0 Å². The summed E-state index contributed by atoms with van der Waals surface area (Å²) in [5, 5.41) is 2.42. The highest BCUT2D eigenvalue weighted by atomic mass is 16.5. The van der Waals surface area contributed by atoms with E-state index < -0.39 is 24.0 Å². The van der Waals surface area contributed by atoms with Gasteiger partial charge in [0.25, 0.3) is 0 Å². The van der Waals surface area contributed by atoms with Gasteiger partial charge >= 0.3 is 11.9 Å². The molecule has 0 aliphatic rings. The molecule has 0 unspecified atom stereocenters. The van der Waals surface area contributed by atoms with Crippen LogP contribution in [0.25, 0.3) is 0 Å². The van der Waals surface area contributed by atoms with Crippen LogP contribution in [-0.2, 0) is 23.9 Å². The van der Waals surface area contributed by atoms with Gasteiger partial charge in [0.05, 0.1) is 14.2 Å². The molecule has 3 N–H and O–H groups in total. The van der Waals surface area contributed by atoms with Gasteiger partial charge in [0.1, 0.15) is 12.1 Å². The van der Waals surface area contributed by atoms with E-state index in [4.69, 9.17) is 5.73 Å². The summed E-state index contributed by atoms with van der Waals surface area (Å²) < 4.78 is 8.85. The fourth-order valence-corrected chi connectivity index (χ4v) is 1.11. The Morgan fingerprint density at radius 3 is 2.18 bits per heavy atom. The number of nitrogens with one attached hydrogen (secondary N) is 1. The molecule has 0 spiro atoms. The first-order valence-corrected chi connectivity index (χ1v) is 5.13. The molecule has 0 saturated carbocycles. The summed E-state index contributed by atoms with van der Waals surface area (Å²) in [5.74, 6) is -1.48. The van der Waals surface area contributed by atoms with E-state index in [-0.39, 0.29) is 18.7 Å². The third kappa shape index (κ3) is 5.86. The number of methoxy groups -OCH3 is 2. The lowest BCUT2D eigenvalue weighted by atomic mass is 10.1. The van der Waals surface area contributed by atoms with Gasteiger partial charge in [-0.05, 0) is 13.3 Å². The smallest absolute Gasteiger partial charge is 0.328 e. The van der Waals surface area contributed by atoms with Crippen molar-refractivity contribution >= 4 is 17.8 Å². The number of hydrogen-bond donors (Lipinski definition) is 2. The molecular weight excluding hydrogens is 228 g/mol. The van der Waals surface area contributed by atoms with E-state index in [1.807, 2.05) is 0 Å². The van der Waals surface area contributed by atoms with Crippen molar-refractivity contribution in [2.24, 2.45) is 5.73 Å².